The van der Waals surface area contributed by atoms with Gasteiger partial charge in [-0.05, 0) is 43.7 Å². The summed E-state index contributed by atoms with van der Waals surface area (Å²) < 4.78 is 0. The van der Waals surface area contributed by atoms with Crippen molar-refractivity contribution >= 4 is 23.2 Å². The minimum atomic E-state index is -0.379. The van der Waals surface area contributed by atoms with Crippen LogP contribution >= 0.6 is 0 Å². The molecule has 23 heavy (non-hydrogen) atoms. The van der Waals surface area contributed by atoms with Gasteiger partial charge in [0.25, 0.3) is 5.91 Å². The predicted molar refractivity (Wildman–Crippen MR) is 88.8 cm³/mol. The van der Waals surface area contributed by atoms with Crippen LogP contribution in [-0.2, 0) is 4.79 Å². The lowest BCUT2D eigenvalue weighted by Gasteiger charge is -2.17. The van der Waals surface area contributed by atoms with E-state index in [2.05, 4.69) is 5.32 Å². The Hall–Kier alpha value is -2.82. The van der Waals surface area contributed by atoms with Crippen molar-refractivity contribution in [1.29, 1.82) is 0 Å². The van der Waals surface area contributed by atoms with E-state index >= 15 is 0 Å². The van der Waals surface area contributed by atoms with Gasteiger partial charge >= 0.3 is 0 Å². The van der Waals surface area contributed by atoms with Crippen molar-refractivity contribution < 1.29 is 14.7 Å². The summed E-state index contributed by atoms with van der Waals surface area (Å²) in [7, 11) is 0. The number of aryl methyl sites for hydroxylation is 1. The number of aromatic hydroxyl groups is 1. The number of rotatable bonds is 3. The van der Waals surface area contributed by atoms with Crippen molar-refractivity contribution in [2.75, 3.05) is 16.8 Å². The molecule has 5 nitrogen and oxygen atoms in total. The lowest BCUT2D eigenvalue weighted by atomic mass is 10.1. The van der Waals surface area contributed by atoms with Crippen molar-refractivity contribution in [3.8, 4) is 5.75 Å². The number of amides is 2. The van der Waals surface area contributed by atoms with E-state index in [1.807, 2.05) is 13.0 Å². The summed E-state index contributed by atoms with van der Waals surface area (Å²) in [5.74, 6) is -0.333. The Morgan fingerprint density at radius 1 is 1.22 bits per heavy atom. The predicted octanol–water partition coefficient (Wildman–Crippen LogP) is 3.08. The van der Waals surface area contributed by atoms with Crippen LogP contribution in [0, 0.1) is 6.92 Å². The molecule has 1 aliphatic heterocycles. The van der Waals surface area contributed by atoms with Gasteiger partial charge in [0.2, 0.25) is 5.91 Å². The van der Waals surface area contributed by atoms with Crippen LogP contribution in [0.4, 0.5) is 11.4 Å². The van der Waals surface area contributed by atoms with Crippen LogP contribution in [0.2, 0.25) is 0 Å². The largest absolute Gasteiger partial charge is 0.507 e. The molecule has 5 heteroatoms. The summed E-state index contributed by atoms with van der Waals surface area (Å²) in [5.41, 5.74) is 2.49. The molecule has 0 atom stereocenters. The van der Waals surface area contributed by atoms with Crippen LogP contribution in [-0.4, -0.2) is 23.5 Å². The summed E-state index contributed by atoms with van der Waals surface area (Å²) >= 11 is 0. The molecular weight excluding hydrogens is 292 g/mol. The normalized spacial score (nSPS) is 14.1. The SMILES string of the molecule is Cc1ccc(O)c(C(=O)Nc2cccc(N3CCCC3=O)c2)c1. The Labute approximate surface area is 134 Å². The zero-order valence-corrected chi connectivity index (χ0v) is 12.9. The minimum absolute atomic E-state index is 0.0565. The van der Waals surface area contributed by atoms with Gasteiger partial charge in [-0.2, -0.15) is 0 Å². The summed E-state index contributed by atoms with van der Waals surface area (Å²) in [6.07, 6.45) is 1.42. The Bertz CT molecular complexity index is 771. The number of phenols is 1. The van der Waals surface area contributed by atoms with E-state index in [0.29, 0.717) is 18.7 Å². The van der Waals surface area contributed by atoms with Gasteiger partial charge in [-0.25, -0.2) is 0 Å². The number of anilines is 2. The first-order valence-electron chi connectivity index (χ1n) is 7.56. The molecule has 0 aliphatic carbocycles. The zero-order chi connectivity index (χ0) is 16.4. The average molecular weight is 310 g/mol. The maximum absolute atomic E-state index is 12.3. The monoisotopic (exact) mass is 310 g/mol. The topological polar surface area (TPSA) is 69.6 Å². The molecule has 2 aromatic rings. The summed E-state index contributed by atoms with van der Waals surface area (Å²) in [6.45, 7) is 2.56. The second-order valence-electron chi connectivity index (χ2n) is 5.67. The molecule has 1 fully saturated rings. The highest BCUT2D eigenvalue weighted by molar-refractivity contribution is 6.06. The van der Waals surface area contributed by atoms with E-state index in [1.165, 1.54) is 6.07 Å². The van der Waals surface area contributed by atoms with E-state index in [4.69, 9.17) is 0 Å². The maximum atomic E-state index is 12.3. The van der Waals surface area contributed by atoms with E-state index in [0.717, 1.165) is 17.7 Å². The number of carbonyl (C=O) groups is 2. The number of nitrogens with one attached hydrogen (secondary N) is 1. The molecule has 3 rings (SSSR count). The van der Waals surface area contributed by atoms with Crippen molar-refractivity contribution in [2.24, 2.45) is 0 Å². The van der Waals surface area contributed by atoms with Gasteiger partial charge in [-0.1, -0.05) is 17.7 Å². The van der Waals surface area contributed by atoms with Crippen LogP contribution < -0.4 is 10.2 Å². The molecule has 1 heterocycles. The molecule has 0 radical (unpaired) electrons. The minimum Gasteiger partial charge on any atom is -0.507 e. The fourth-order valence-corrected chi connectivity index (χ4v) is 2.70. The Morgan fingerprint density at radius 2 is 2.04 bits per heavy atom. The van der Waals surface area contributed by atoms with Crippen LogP contribution in [0.25, 0.3) is 0 Å². The van der Waals surface area contributed by atoms with Crippen molar-refractivity contribution in [3.63, 3.8) is 0 Å². The first kappa shape index (κ1) is 15.1. The quantitative estimate of drug-likeness (QED) is 0.915. The summed E-state index contributed by atoms with van der Waals surface area (Å²) in [4.78, 5) is 25.9. The molecule has 0 saturated carbocycles. The smallest absolute Gasteiger partial charge is 0.259 e. The van der Waals surface area contributed by atoms with Crippen LogP contribution in [0.15, 0.2) is 42.5 Å². The van der Waals surface area contributed by atoms with Crippen LogP contribution in [0.3, 0.4) is 0 Å². The number of hydrogen-bond acceptors (Lipinski definition) is 3. The van der Waals surface area contributed by atoms with Gasteiger partial charge in [0.15, 0.2) is 0 Å². The van der Waals surface area contributed by atoms with E-state index < -0.39 is 0 Å². The zero-order valence-electron chi connectivity index (χ0n) is 12.9. The molecule has 0 bridgehead atoms. The Balaban J connectivity index is 1.81. The maximum Gasteiger partial charge on any atom is 0.259 e. The van der Waals surface area contributed by atoms with Gasteiger partial charge in [0.1, 0.15) is 5.75 Å². The molecule has 118 valence electrons. The Morgan fingerprint density at radius 3 is 2.78 bits per heavy atom. The van der Waals surface area contributed by atoms with E-state index in [1.54, 1.807) is 35.2 Å². The number of hydrogen-bond donors (Lipinski definition) is 2. The first-order valence-corrected chi connectivity index (χ1v) is 7.56. The third kappa shape index (κ3) is 3.18. The second-order valence-corrected chi connectivity index (χ2v) is 5.67. The molecular formula is C18H18N2O3. The van der Waals surface area contributed by atoms with Gasteiger partial charge < -0.3 is 15.3 Å². The van der Waals surface area contributed by atoms with Crippen molar-refractivity contribution in [3.05, 3.63) is 53.6 Å². The Kier molecular flexibility index (Phi) is 4.02. The van der Waals surface area contributed by atoms with Gasteiger partial charge in [-0.15, -0.1) is 0 Å². The molecule has 2 N–H and O–H groups in total. The molecule has 1 aliphatic rings. The fraction of sp³-hybridized carbons (Fsp3) is 0.222. The number of phenolic OH excluding ortho intramolecular Hbond substituents is 1. The average Bonchev–Trinajstić information content (AvgIpc) is 2.96. The summed E-state index contributed by atoms with van der Waals surface area (Å²) in [5, 5.41) is 12.6. The fourth-order valence-electron chi connectivity index (χ4n) is 2.70. The highest BCUT2D eigenvalue weighted by Gasteiger charge is 2.22. The molecule has 2 aromatic carbocycles. The molecule has 0 aromatic heterocycles. The third-order valence-corrected chi connectivity index (χ3v) is 3.89. The van der Waals surface area contributed by atoms with Crippen LogP contribution in [0.1, 0.15) is 28.8 Å². The lowest BCUT2D eigenvalue weighted by molar-refractivity contribution is -0.117. The highest BCUT2D eigenvalue weighted by Crippen LogP contribution is 2.25. The second kappa shape index (κ2) is 6.12. The first-order chi connectivity index (χ1) is 11.0. The van der Waals surface area contributed by atoms with Gasteiger partial charge in [0, 0.05) is 24.3 Å². The van der Waals surface area contributed by atoms with Crippen molar-refractivity contribution in [1.82, 2.24) is 0 Å². The van der Waals surface area contributed by atoms with Crippen molar-refractivity contribution in [2.45, 2.75) is 19.8 Å². The van der Waals surface area contributed by atoms with E-state index in [9.17, 15) is 14.7 Å². The molecule has 1 saturated heterocycles. The van der Waals surface area contributed by atoms with Crippen LogP contribution in [0.5, 0.6) is 5.75 Å². The number of carbonyl (C=O) groups excluding carboxylic acids is 2. The number of nitrogens with zero attached hydrogens (tertiary/aromatic N) is 1. The molecule has 2 amide bonds. The standard InChI is InChI=1S/C18H18N2O3/c1-12-7-8-16(21)15(10-12)18(23)19-13-4-2-5-14(11-13)20-9-3-6-17(20)22/h2,4-5,7-8,10-11,21H,3,6,9H2,1H3,(H,19,23). The van der Waals surface area contributed by atoms with E-state index in [-0.39, 0.29) is 23.1 Å². The molecule has 0 spiro atoms. The van der Waals surface area contributed by atoms with Gasteiger partial charge in [0.05, 0.1) is 5.56 Å². The number of benzene rings is 2. The summed E-state index contributed by atoms with van der Waals surface area (Å²) in [6, 6.07) is 12.1. The highest BCUT2D eigenvalue weighted by atomic mass is 16.3. The molecule has 0 unspecified atom stereocenters. The third-order valence-electron chi connectivity index (χ3n) is 3.89. The van der Waals surface area contributed by atoms with Gasteiger partial charge in [-0.3, -0.25) is 9.59 Å². The lowest BCUT2D eigenvalue weighted by Crippen LogP contribution is -2.23.